The van der Waals surface area contributed by atoms with Crippen LogP contribution < -0.4 is 10.6 Å². The van der Waals surface area contributed by atoms with Crippen LogP contribution in [0.4, 0.5) is 11.4 Å². The summed E-state index contributed by atoms with van der Waals surface area (Å²) in [5, 5.41) is 6.83. The first-order valence-corrected chi connectivity index (χ1v) is 17.1. The summed E-state index contributed by atoms with van der Waals surface area (Å²) < 4.78 is 69.1. The van der Waals surface area contributed by atoms with Crippen molar-refractivity contribution in [3.05, 3.63) is 154 Å². The molecule has 0 bridgehead atoms. The Morgan fingerprint density at radius 3 is 1.40 bits per heavy atom. The quantitative estimate of drug-likeness (QED) is 0.0878. The van der Waals surface area contributed by atoms with E-state index in [0.29, 0.717) is 13.1 Å². The molecule has 5 aromatic carbocycles. The lowest BCUT2D eigenvalue weighted by Gasteiger charge is -2.25. The van der Waals surface area contributed by atoms with E-state index in [1.807, 2.05) is 111 Å². The molecule has 0 atom stereocenters. The standard InChI is InChI=1S/C35H34N2O6S2/c1-24-19-28(36-22-26-9-5-3-6-10-26)13-16-31(24)35(33-18-15-30(44(38,39)40)21-34(33)45(41,42)43)32-17-14-29(20-25(32)2)37-23-27-11-7-4-8-12-27/h3-21,35-37H,22-23H2,1-2H3,(H,38,39,40)(H,41,42,43). The summed E-state index contributed by atoms with van der Waals surface area (Å²) >= 11 is 0. The molecule has 45 heavy (non-hydrogen) atoms. The number of nitrogens with one attached hydrogen (secondary N) is 2. The molecule has 0 fully saturated rings. The van der Waals surface area contributed by atoms with Crippen LogP contribution >= 0.6 is 0 Å². The minimum atomic E-state index is -4.90. The van der Waals surface area contributed by atoms with Gasteiger partial charge in [-0.15, -0.1) is 0 Å². The van der Waals surface area contributed by atoms with Crippen LogP contribution in [0.25, 0.3) is 0 Å². The Morgan fingerprint density at radius 2 is 1.00 bits per heavy atom. The molecule has 0 aliphatic rings. The number of rotatable bonds is 11. The zero-order valence-corrected chi connectivity index (χ0v) is 26.4. The Hall–Kier alpha value is -4.48. The number of hydrogen-bond acceptors (Lipinski definition) is 6. The van der Waals surface area contributed by atoms with Crippen LogP contribution in [0.15, 0.2) is 125 Å². The van der Waals surface area contributed by atoms with Gasteiger partial charge in [0.2, 0.25) is 0 Å². The third kappa shape index (κ3) is 7.79. The van der Waals surface area contributed by atoms with Crippen molar-refractivity contribution in [2.24, 2.45) is 0 Å². The normalized spacial score (nSPS) is 11.8. The Morgan fingerprint density at radius 1 is 0.556 bits per heavy atom. The predicted molar refractivity (Wildman–Crippen MR) is 177 cm³/mol. The first-order chi connectivity index (χ1) is 21.4. The molecule has 0 radical (unpaired) electrons. The smallest absolute Gasteiger partial charge is 0.294 e. The Kier molecular flexibility index (Phi) is 9.40. The highest BCUT2D eigenvalue weighted by molar-refractivity contribution is 7.86. The van der Waals surface area contributed by atoms with Gasteiger partial charge in [-0.1, -0.05) is 78.9 Å². The van der Waals surface area contributed by atoms with Crippen molar-refractivity contribution in [3.63, 3.8) is 0 Å². The lowest BCUT2D eigenvalue weighted by atomic mass is 9.81. The summed E-state index contributed by atoms with van der Waals surface area (Å²) in [5.74, 6) is -0.705. The van der Waals surface area contributed by atoms with Gasteiger partial charge < -0.3 is 10.6 Å². The maximum atomic E-state index is 12.7. The van der Waals surface area contributed by atoms with E-state index < -0.39 is 35.9 Å². The topological polar surface area (TPSA) is 133 Å². The van der Waals surface area contributed by atoms with Crippen LogP contribution in [0, 0.1) is 13.8 Å². The molecule has 0 saturated carbocycles. The van der Waals surface area contributed by atoms with Gasteiger partial charge in [-0.3, -0.25) is 9.11 Å². The number of hydrogen-bond donors (Lipinski definition) is 4. The van der Waals surface area contributed by atoms with Gasteiger partial charge in [0.1, 0.15) is 0 Å². The minimum absolute atomic E-state index is 0.172. The Balaban J connectivity index is 1.59. The third-order valence-electron chi connectivity index (χ3n) is 7.71. The molecule has 10 heteroatoms. The van der Waals surface area contributed by atoms with Gasteiger partial charge in [0.05, 0.1) is 9.79 Å². The van der Waals surface area contributed by atoms with Crippen molar-refractivity contribution < 1.29 is 25.9 Å². The van der Waals surface area contributed by atoms with E-state index in [0.717, 1.165) is 56.9 Å². The maximum Gasteiger partial charge on any atom is 0.294 e. The fourth-order valence-electron chi connectivity index (χ4n) is 5.46. The number of anilines is 2. The largest absolute Gasteiger partial charge is 0.381 e. The van der Waals surface area contributed by atoms with Crippen LogP contribution in [0.1, 0.15) is 44.9 Å². The zero-order valence-electron chi connectivity index (χ0n) is 24.8. The van der Waals surface area contributed by atoms with Crippen LogP contribution in [0.5, 0.6) is 0 Å². The van der Waals surface area contributed by atoms with Crippen LogP contribution in [-0.2, 0) is 33.3 Å². The molecule has 0 saturated heterocycles. The monoisotopic (exact) mass is 642 g/mol. The zero-order chi connectivity index (χ0) is 32.2. The summed E-state index contributed by atoms with van der Waals surface area (Å²) in [7, 11) is -9.63. The fraction of sp³-hybridized carbons (Fsp3) is 0.143. The van der Waals surface area contributed by atoms with Gasteiger partial charge in [0, 0.05) is 30.4 Å². The van der Waals surface area contributed by atoms with Crippen molar-refractivity contribution in [1.29, 1.82) is 0 Å². The predicted octanol–water partition coefficient (Wildman–Crippen LogP) is 7.20. The van der Waals surface area contributed by atoms with Gasteiger partial charge in [-0.2, -0.15) is 16.8 Å². The Labute approximate surface area is 264 Å². The first kappa shape index (κ1) is 31.9. The average molecular weight is 643 g/mol. The third-order valence-corrected chi connectivity index (χ3v) is 9.47. The SMILES string of the molecule is Cc1cc(NCc2ccccc2)ccc1C(c1ccc(NCc2ccccc2)cc1C)c1ccc(S(=O)(=O)O)cc1S(=O)(=O)O. The second kappa shape index (κ2) is 13.3. The fourth-order valence-corrected chi connectivity index (χ4v) is 6.80. The molecule has 5 aromatic rings. The summed E-state index contributed by atoms with van der Waals surface area (Å²) in [5.41, 5.74) is 7.37. The van der Waals surface area contributed by atoms with E-state index in [1.54, 1.807) is 0 Å². The number of aryl methyl sites for hydroxylation is 2. The average Bonchev–Trinajstić information content (AvgIpc) is 3.01. The van der Waals surface area contributed by atoms with E-state index in [4.69, 9.17) is 0 Å². The van der Waals surface area contributed by atoms with Crippen molar-refractivity contribution >= 4 is 31.6 Å². The maximum absolute atomic E-state index is 12.7. The molecule has 232 valence electrons. The van der Waals surface area contributed by atoms with Gasteiger partial charge >= 0.3 is 0 Å². The number of benzene rings is 5. The molecule has 0 spiro atoms. The summed E-state index contributed by atoms with van der Waals surface area (Å²) in [6, 6.07) is 34.7. The molecule has 0 aliphatic heterocycles. The molecule has 0 amide bonds. The summed E-state index contributed by atoms with van der Waals surface area (Å²) in [6.07, 6.45) is 0. The van der Waals surface area contributed by atoms with Gasteiger partial charge in [-0.05, 0) is 89.2 Å². The van der Waals surface area contributed by atoms with E-state index >= 15 is 0 Å². The highest BCUT2D eigenvalue weighted by Crippen LogP contribution is 2.40. The Bertz CT molecular complexity index is 1940. The summed E-state index contributed by atoms with van der Waals surface area (Å²) in [4.78, 5) is -1.23. The summed E-state index contributed by atoms with van der Waals surface area (Å²) in [6.45, 7) is 5.06. The van der Waals surface area contributed by atoms with E-state index in [1.165, 1.54) is 6.07 Å². The van der Waals surface area contributed by atoms with E-state index in [-0.39, 0.29) is 5.56 Å². The molecule has 8 nitrogen and oxygen atoms in total. The van der Waals surface area contributed by atoms with Crippen molar-refractivity contribution in [1.82, 2.24) is 0 Å². The van der Waals surface area contributed by atoms with Crippen LogP contribution in [0.2, 0.25) is 0 Å². The van der Waals surface area contributed by atoms with Gasteiger partial charge in [0.15, 0.2) is 0 Å². The molecule has 5 rings (SSSR count). The molecule has 0 unspecified atom stereocenters. The minimum Gasteiger partial charge on any atom is -0.381 e. The first-order valence-electron chi connectivity index (χ1n) is 14.3. The highest BCUT2D eigenvalue weighted by Gasteiger charge is 2.29. The van der Waals surface area contributed by atoms with Crippen LogP contribution in [0.3, 0.4) is 0 Å². The van der Waals surface area contributed by atoms with E-state index in [9.17, 15) is 25.9 Å². The lowest BCUT2D eigenvalue weighted by Crippen LogP contribution is -2.14. The second-order valence-corrected chi connectivity index (χ2v) is 13.7. The molecule has 0 aromatic heterocycles. The second-order valence-electron chi connectivity index (χ2n) is 10.9. The molecule has 4 N–H and O–H groups in total. The van der Waals surface area contributed by atoms with E-state index in [2.05, 4.69) is 10.6 Å². The molecular formula is C35H34N2O6S2. The van der Waals surface area contributed by atoms with Crippen molar-refractivity contribution in [3.8, 4) is 0 Å². The van der Waals surface area contributed by atoms with Gasteiger partial charge in [-0.25, -0.2) is 0 Å². The molecule has 0 heterocycles. The van der Waals surface area contributed by atoms with Crippen molar-refractivity contribution in [2.75, 3.05) is 10.6 Å². The molecule has 0 aliphatic carbocycles. The lowest BCUT2D eigenvalue weighted by molar-refractivity contribution is 0.480. The highest BCUT2D eigenvalue weighted by atomic mass is 32.2. The van der Waals surface area contributed by atoms with Crippen LogP contribution in [-0.4, -0.2) is 25.9 Å². The van der Waals surface area contributed by atoms with Crippen molar-refractivity contribution in [2.45, 2.75) is 42.6 Å². The van der Waals surface area contributed by atoms with Gasteiger partial charge in [0.25, 0.3) is 20.2 Å². The molecular weight excluding hydrogens is 609 g/mol.